The van der Waals surface area contributed by atoms with Crippen LogP contribution < -0.4 is 0 Å². The summed E-state index contributed by atoms with van der Waals surface area (Å²) < 4.78 is 0. The van der Waals surface area contributed by atoms with E-state index in [9.17, 15) is 4.79 Å². The van der Waals surface area contributed by atoms with Gasteiger partial charge in [0.1, 0.15) is 0 Å². The highest BCUT2D eigenvalue weighted by Crippen LogP contribution is 2.41. The van der Waals surface area contributed by atoms with Gasteiger partial charge >= 0.3 is 0 Å². The first kappa shape index (κ1) is 9.84. The fraction of sp³-hybridized carbons (Fsp3) is 0.118. The molecule has 0 saturated heterocycles. The Kier molecular flexibility index (Phi) is 1.75. The molecular formula is C17H12O. The summed E-state index contributed by atoms with van der Waals surface area (Å²) in [6, 6.07) is 16.6. The van der Waals surface area contributed by atoms with Crippen LogP contribution in [0.4, 0.5) is 0 Å². The predicted octanol–water partition coefficient (Wildman–Crippen LogP) is 4.29. The quantitative estimate of drug-likeness (QED) is 0.528. The van der Waals surface area contributed by atoms with Crippen LogP contribution in [0.2, 0.25) is 0 Å². The summed E-state index contributed by atoms with van der Waals surface area (Å²) in [6.45, 7) is 2.01. The zero-order valence-corrected chi connectivity index (χ0v) is 10.1. The second-order valence-corrected chi connectivity index (χ2v) is 5.00. The van der Waals surface area contributed by atoms with Crippen molar-refractivity contribution in [1.29, 1.82) is 0 Å². The highest BCUT2D eigenvalue weighted by Gasteiger charge is 2.30. The molecular weight excluding hydrogens is 220 g/mol. The van der Waals surface area contributed by atoms with E-state index in [0.717, 1.165) is 21.7 Å². The van der Waals surface area contributed by atoms with E-state index in [1.54, 1.807) is 0 Å². The van der Waals surface area contributed by atoms with Gasteiger partial charge in [-0.25, -0.2) is 0 Å². The molecule has 4 rings (SSSR count). The number of fused-ring (bicyclic) bond motifs is 2. The van der Waals surface area contributed by atoms with Gasteiger partial charge in [-0.2, -0.15) is 0 Å². The zero-order valence-electron chi connectivity index (χ0n) is 10.1. The first-order valence-corrected chi connectivity index (χ1v) is 6.26. The van der Waals surface area contributed by atoms with Gasteiger partial charge in [0.2, 0.25) is 0 Å². The molecule has 0 N–H and O–H groups in total. The van der Waals surface area contributed by atoms with E-state index in [1.165, 1.54) is 10.9 Å². The lowest BCUT2D eigenvalue weighted by atomic mass is 9.98. The van der Waals surface area contributed by atoms with Crippen molar-refractivity contribution in [2.24, 2.45) is 0 Å². The molecule has 18 heavy (non-hydrogen) atoms. The molecule has 0 bridgehead atoms. The molecule has 3 aromatic carbocycles. The van der Waals surface area contributed by atoms with Crippen LogP contribution in [0.1, 0.15) is 28.8 Å². The Balaban J connectivity index is 2.34. The average molecular weight is 232 g/mol. The van der Waals surface area contributed by atoms with Crippen LogP contribution in [0, 0.1) is 0 Å². The monoisotopic (exact) mass is 232 g/mol. The fourth-order valence-electron chi connectivity index (χ4n) is 3.12. The molecule has 0 fully saturated rings. The maximum absolute atomic E-state index is 12.5. The second kappa shape index (κ2) is 3.20. The maximum Gasteiger partial charge on any atom is 0.171 e. The van der Waals surface area contributed by atoms with Gasteiger partial charge in [-0.1, -0.05) is 49.4 Å². The number of rotatable bonds is 0. The Morgan fingerprint density at radius 2 is 1.72 bits per heavy atom. The van der Waals surface area contributed by atoms with Crippen molar-refractivity contribution >= 4 is 27.3 Å². The lowest BCUT2D eigenvalue weighted by molar-refractivity contribution is 0.0976. The highest BCUT2D eigenvalue weighted by molar-refractivity contribution is 6.25. The number of carbonyl (C=O) groups is 1. The summed E-state index contributed by atoms with van der Waals surface area (Å²) in [7, 11) is 0. The predicted molar refractivity (Wildman–Crippen MR) is 74.2 cm³/mol. The minimum atomic E-state index is -0.00509. The van der Waals surface area contributed by atoms with E-state index in [0.29, 0.717) is 0 Å². The SMILES string of the molecule is CC1C(=O)c2c3ccccc3cc3cccc1c23. The Morgan fingerprint density at radius 3 is 2.61 bits per heavy atom. The van der Waals surface area contributed by atoms with E-state index in [1.807, 2.05) is 25.1 Å². The van der Waals surface area contributed by atoms with Crippen LogP contribution in [-0.2, 0) is 0 Å². The van der Waals surface area contributed by atoms with Gasteiger partial charge in [0.25, 0.3) is 0 Å². The van der Waals surface area contributed by atoms with Crippen LogP contribution in [0.3, 0.4) is 0 Å². The molecule has 0 radical (unpaired) electrons. The standard InChI is InChI=1S/C17H12O/c1-10-13-8-4-6-12-9-11-5-2-3-7-14(11)16(15(12)13)17(10)18/h2-10H,1H3. The molecule has 1 heteroatoms. The summed E-state index contributed by atoms with van der Waals surface area (Å²) in [4.78, 5) is 12.5. The van der Waals surface area contributed by atoms with Gasteiger partial charge in [0.05, 0.1) is 0 Å². The molecule has 0 amide bonds. The lowest BCUT2D eigenvalue weighted by Crippen LogP contribution is -2.01. The molecule has 86 valence electrons. The minimum absolute atomic E-state index is 0.00509. The topological polar surface area (TPSA) is 17.1 Å². The fourth-order valence-corrected chi connectivity index (χ4v) is 3.12. The number of hydrogen-bond donors (Lipinski definition) is 0. The number of carbonyl (C=O) groups excluding carboxylic acids is 1. The van der Waals surface area contributed by atoms with Gasteiger partial charge in [-0.05, 0) is 33.2 Å². The van der Waals surface area contributed by atoms with Gasteiger partial charge in [0, 0.05) is 11.5 Å². The van der Waals surface area contributed by atoms with Gasteiger partial charge in [-0.15, -0.1) is 0 Å². The zero-order chi connectivity index (χ0) is 12.3. The molecule has 1 atom stereocenters. The van der Waals surface area contributed by atoms with E-state index >= 15 is 0 Å². The van der Waals surface area contributed by atoms with Crippen molar-refractivity contribution in [1.82, 2.24) is 0 Å². The van der Waals surface area contributed by atoms with E-state index in [4.69, 9.17) is 0 Å². The summed E-state index contributed by atoms with van der Waals surface area (Å²) >= 11 is 0. The molecule has 1 aliphatic carbocycles. The molecule has 3 aromatic rings. The van der Waals surface area contributed by atoms with Crippen LogP contribution in [-0.4, -0.2) is 5.78 Å². The van der Waals surface area contributed by atoms with Crippen LogP contribution in [0.25, 0.3) is 21.5 Å². The van der Waals surface area contributed by atoms with Crippen molar-refractivity contribution < 1.29 is 4.79 Å². The number of ketones is 1. The van der Waals surface area contributed by atoms with Gasteiger partial charge < -0.3 is 0 Å². The molecule has 0 aromatic heterocycles. The minimum Gasteiger partial charge on any atom is -0.293 e. The van der Waals surface area contributed by atoms with Crippen LogP contribution in [0.5, 0.6) is 0 Å². The number of hydrogen-bond acceptors (Lipinski definition) is 1. The third kappa shape index (κ3) is 1.04. The van der Waals surface area contributed by atoms with Crippen molar-refractivity contribution in [3.05, 3.63) is 59.7 Å². The normalized spacial score (nSPS) is 17.8. The van der Waals surface area contributed by atoms with Crippen LogP contribution in [0.15, 0.2) is 48.5 Å². The van der Waals surface area contributed by atoms with E-state index in [2.05, 4.69) is 30.3 Å². The molecule has 0 aliphatic heterocycles. The first-order valence-electron chi connectivity index (χ1n) is 6.26. The second-order valence-electron chi connectivity index (χ2n) is 5.00. The van der Waals surface area contributed by atoms with E-state index in [-0.39, 0.29) is 11.7 Å². The molecule has 1 unspecified atom stereocenters. The summed E-state index contributed by atoms with van der Waals surface area (Å²) in [5.41, 5.74) is 2.10. The number of benzene rings is 3. The molecule has 0 heterocycles. The van der Waals surface area contributed by atoms with Crippen molar-refractivity contribution in [3.63, 3.8) is 0 Å². The summed E-state index contributed by atoms with van der Waals surface area (Å²) in [5.74, 6) is 0.257. The highest BCUT2D eigenvalue weighted by atomic mass is 16.1. The van der Waals surface area contributed by atoms with Gasteiger partial charge in [-0.3, -0.25) is 4.79 Å². The third-order valence-corrected chi connectivity index (χ3v) is 4.03. The smallest absolute Gasteiger partial charge is 0.171 e. The average Bonchev–Trinajstić information content (AvgIpc) is 2.66. The molecule has 1 nitrogen and oxygen atoms in total. The van der Waals surface area contributed by atoms with E-state index < -0.39 is 0 Å². The Morgan fingerprint density at radius 1 is 0.944 bits per heavy atom. The Bertz CT molecular complexity index is 814. The molecule has 0 spiro atoms. The first-order chi connectivity index (χ1) is 8.77. The van der Waals surface area contributed by atoms with Gasteiger partial charge in [0.15, 0.2) is 5.78 Å². The third-order valence-electron chi connectivity index (χ3n) is 4.03. The maximum atomic E-state index is 12.5. The summed E-state index contributed by atoms with van der Waals surface area (Å²) in [5, 5.41) is 4.58. The van der Waals surface area contributed by atoms with Crippen molar-refractivity contribution in [2.75, 3.05) is 0 Å². The Labute approximate surface area is 105 Å². The molecule has 0 saturated carbocycles. The molecule has 1 aliphatic rings. The lowest BCUT2D eigenvalue weighted by Gasteiger charge is -2.05. The summed E-state index contributed by atoms with van der Waals surface area (Å²) in [6.07, 6.45) is 0. The Hall–Kier alpha value is -2.15. The van der Waals surface area contributed by atoms with Crippen molar-refractivity contribution in [3.8, 4) is 0 Å². The van der Waals surface area contributed by atoms with Crippen molar-refractivity contribution in [2.45, 2.75) is 12.8 Å². The number of Topliss-reactive ketones (excluding diaryl/α,β-unsaturated/α-hetero) is 1. The largest absolute Gasteiger partial charge is 0.293 e. The van der Waals surface area contributed by atoms with Crippen LogP contribution >= 0.6 is 0 Å².